The maximum absolute atomic E-state index is 12.0. The Bertz CT molecular complexity index is 781. The van der Waals surface area contributed by atoms with E-state index in [1.807, 2.05) is 18.3 Å². The smallest absolute Gasteiger partial charge is 0.287 e. The number of carbonyl (C=O) groups is 1. The van der Waals surface area contributed by atoms with Gasteiger partial charge in [-0.05, 0) is 56.8 Å². The summed E-state index contributed by atoms with van der Waals surface area (Å²) in [7, 11) is 1.78. The Balaban J connectivity index is 1.38. The Morgan fingerprint density at radius 2 is 2.03 bits per heavy atom. The van der Waals surface area contributed by atoms with Crippen molar-refractivity contribution in [1.29, 1.82) is 0 Å². The van der Waals surface area contributed by atoms with Crippen LogP contribution < -0.4 is 16.0 Å². The number of amides is 1. The summed E-state index contributed by atoms with van der Waals surface area (Å²) in [5.74, 6) is 1.01. The van der Waals surface area contributed by atoms with Crippen molar-refractivity contribution in [2.45, 2.75) is 32.2 Å². The van der Waals surface area contributed by atoms with Crippen molar-refractivity contribution in [3.8, 4) is 0 Å². The maximum Gasteiger partial charge on any atom is 0.287 e. The Labute approximate surface area is 176 Å². The van der Waals surface area contributed by atoms with E-state index in [1.165, 1.54) is 24.0 Å². The van der Waals surface area contributed by atoms with Gasteiger partial charge in [-0.3, -0.25) is 14.7 Å². The highest BCUT2D eigenvalue weighted by atomic mass is 32.1. The van der Waals surface area contributed by atoms with Gasteiger partial charge in [0.25, 0.3) is 5.91 Å². The Morgan fingerprint density at radius 3 is 2.69 bits per heavy atom. The van der Waals surface area contributed by atoms with Gasteiger partial charge in [-0.25, -0.2) is 0 Å². The average Bonchev–Trinajstić information content (AvgIpc) is 3.49. The number of guanidine groups is 1. The fourth-order valence-electron chi connectivity index (χ4n) is 3.54. The van der Waals surface area contributed by atoms with E-state index in [0.29, 0.717) is 18.3 Å². The van der Waals surface area contributed by atoms with Gasteiger partial charge < -0.3 is 20.4 Å². The molecule has 1 amide bonds. The fourth-order valence-corrected chi connectivity index (χ4v) is 4.40. The van der Waals surface area contributed by atoms with Crippen LogP contribution in [0.4, 0.5) is 0 Å². The zero-order chi connectivity index (χ0) is 20.5. The second kappa shape index (κ2) is 11.0. The van der Waals surface area contributed by atoms with Gasteiger partial charge in [-0.15, -0.1) is 11.3 Å². The molecule has 1 atom stereocenters. The molecule has 1 aliphatic rings. The van der Waals surface area contributed by atoms with Gasteiger partial charge in [0.1, 0.15) is 0 Å². The molecule has 8 heteroatoms. The summed E-state index contributed by atoms with van der Waals surface area (Å²) in [4.78, 5) is 20.3. The van der Waals surface area contributed by atoms with Gasteiger partial charge in [0.15, 0.2) is 11.7 Å². The first-order valence-electron chi connectivity index (χ1n) is 10.2. The van der Waals surface area contributed by atoms with Crippen LogP contribution in [0.25, 0.3) is 0 Å². The average molecular weight is 418 g/mol. The number of furan rings is 1. The Kier molecular flexibility index (Phi) is 8.13. The molecule has 2 aromatic rings. The van der Waals surface area contributed by atoms with Crippen molar-refractivity contribution in [2.75, 3.05) is 39.8 Å². The highest BCUT2D eigenvalue weighted by molar-refractivity contribution is 7.10. The summed E-state index contributed by atoms with van der Waals surface area (Å²) in [6, 6.07) is 6.51. The predicted octanol–water partition coefficient (Wildman–Crippen LogP) is 2.77. The van der Waals surface area contributed by atoms with Crippen LogP contribution in [0.2, 0.25) is 0 Å². The predicted molar refractivity (Wildman–Crippen MR) is 118 cm³/mol. The van der Waals surface area contributed by atoms with E-state index in [4.69, 9.17) is 4.42 Å². The molecule has 3 heterocycles. The number of hydrogen-bond donors (Lipinski definition) is 3. The largest absolute Gasteiger partial charge is 0.459 e. The van der Waals surface area contributed by atoms with Gasteiger partial charge in [0.2, 0.25) is 0 Å². The number of likely N-dealkylation sites (tertiary alicyclic amines) is 1. The molecule has 1 saturated heterocycles. The van der Waals surface area contributed by atoms with E-state index in [1.54, 1.807) is 13.1 Å². The van der Waals surface area contributed by atoms with Crippen LogP contribution in [-0.2, 0) is 0 Å². The molecule has 1 fully saturated rings. The third kappa shape index (κ3) is 6.08. The van der Waals surface area contributed by atoms with E-state index >= 15 is 0 Å². The van der Waals surface area contributed by atoms with Crippen LogP contribution in [0, 0.1) is 6.92 Å². The Hall–Kier alpha value is -2.32. The molecule has 2 aromatic heterocycles. The van der Waals surface area contributed by atoms with Crippen LogP contribution in [0.15, 0.2) is 39.3 Å². The molecule has 158 valence electrons. The molecule has 0 radical (unpaired) electrons. The van der Waals surface area contributed by atoms with Gasteiger partial charge in [-0.2, -0.15) is 0 Å². The lowest BCUT2D eigenvalue weighted by Gasteiger charge is -2.27. The van der Waals surface area contributed by atoms with Crippen LogP contribution in [0.1, 0.15) is 46.3 Å². The van der Waals surface area contributed by atoms with E-state index in [2.05, 4.69) is 43.4 Å². The molecule has 3 N–H and O–H groups in total. The minimum Gasteiger partial charge on any atom is -0.459 e. The quantitative estimate of drug-likeness (QED) is 0.332. The topological polar surface area (TPSA) is 81.9 Å². The Morgan fingerprint density at radius 1 is 1.24 bits per heavy atom. The first kappa shape index (κ1) is 21.4. The first-order chi connectivity index (χ1) is 14.2. The molecule has 0 aliphatic carbocycles. The second-order valence-electron chi connectivity index (χ2n) is 7.20. The summed E-state index contributed by atoms with van der Waals surface area (Å²) in [6.07, 6.45) is 4.88. The summed E-state index contributed by atoms with van der Waals surface area (Å²) >= 11 is 1.81. The standard InChI is InChI=1S/C21H31N5O2S/c1-16-8-13-28-19(16)20(27)23-9-6-10-24-21(22-2)25-15-17(18-7-5-14-29-18)26-11-3-4-12-26/h5,7-8,13-14,17H,3-4,6,9-12,15H2,1-2H3,(H,23,27)(H2,22,24,25). The normalized spacial score (nSPS) is 16.0. The van der Waals surface area contributed by atoms with Gasteiger partial charge in [-0.1, -0.05) is 6.07 Å². The van der Waals surface area contributed by atoms with Gasteiger partial charge in [0.05, 0.1) is 12.3 Å². The number of hydrogen-bond acceptors (Lipinski definition) is 5. The molecule has 7 nitrogen and oxygen atoms in total. The fraction of sp³-hybridized carbons (Fsp3) is 0.524. The van der Waals surface area contributed by atoms with Crippen LogP contribution in [0.3, 0.4) is 0 Å². The molecule has 3 rings (SSSR count). The highest BCUT2D eigenvalue weighted by Crippen LogP contribution is 2.27. The number of thiophene rings is 1. The highest BCUT2D eigenvalue weighted by Gasteiger charge is 2.24. The summed E-state index contributed by atoms with van der Waals surface area (Å²) in [6.45, 7) is 6.31. The SMILES string of the molecule is CN=C(NCCCNC(=O)c1occc1C)NCC(c1cccs1)N1CCCC1. The van der Waals surface area contributed by atoms with Crippen LogP contribution in [-0.4, -0.2) is 56.5 Å². The van der Waals surface area contributed by atoms with Crippen molar-refractivity contribution >= 4 is 23.2 Å². The zero-order valence-corrected chi connectivity index (χ0v) is 18.1. The molecular weight excluding hydrogens is 386 g/mol. The lowest BCUT2D eigenvalue weighted by Crippen LogP contribution is -2.43. The number of rotatable bonds is 9. The van der Waals surface area contributed by atoms with Crippen molar-refractivity contribution in [3.63, 3.8) is 0 Å². The zero-order valence-electron chi connectivity index (χ0n) is 17.2. The molecule has 0 spiro atoms. The van der Waals surface area contributed by atoms with E-state index < -0.39 is 0 Å². The number of aliphatic imine (C=N–C) groups is 1. The van der Waals surface area contributed by atoms with Gasteiger partial charge in [0, 0.05) is 37.1 Å². The molecule has 0 saturated carbocycles. The molecule has 0 aromatic carbocycles. The van der Waals surface area contributed by atoms with Crippen LogP contribution in [0.5, 0.6) is 0 Å². The number of nitrogens with one attached hydrogen (secondary N) is 3. The third-order valence-corrected chi connectivity index (χ3v) is 6.11. The summed E-state index contributed by atoms with van der Waals surface area (Å²) < 4.78 is 5.21. The molecule has 0 bridgehead atoms. The van der Waals surface area contributed by atoms with Crippen molar-refractivity contribution in [3.05, 3.63) is 46.0 Å². The first-order valence-corrected chi connectivity index (χ1v) is 11.1. The van der Waals surface area contributed by atoms with E-state index in [-0.39, 0.29) is 5.91 Å². The molecule has 29 heavy (non-hydrogen) atoms. The third-order valence-electron chi connectivity index (χ3n) is 5.14. The van der Waals surface area contributed by atoms with Crippen molar-refractivity contribution < 1.29 is 9.21 Å². The summed E-state index contributed by atoms with van der Waals surface area (Å²) in [5.41, 5.74) is 0.850. The lowest BCUT2D eigenvalue weighted by molar-refractivity contribution is 0.0925. The minimum absolute atomic E-state index is 0.167. The summed E-state index contributed by atoms with van der Waals surface area (Å²) in [5, 5.41) is 11.8. The molecule has 1 aliphatic heterocycles. The monoisotopic (exact) mass is 417 g/mol. The lowest BCUT2D eigenvalue weighted by atomic mass is 10.2. The van der Waals surface area contributed by atoms with E-state index in [9.17, 15) is 4.79 Å². The minimum atomic E-state index is -0.167. The van der Waals surface area contributed by atoms with Gasteiger partial charge >= 0.3 is 0 Å². The molecule has 1 unspecified atom stereocenters. The number of nitrogens with zero attached hydrogens (tertiary/aromatic N) is 2. The second-order valence-corrected chi connectivity index (χ2v) is 8.18. The van der Waals surface area contributed by atoms with E-state index in [0.717, 1.165) is 44.1 Å². The van der Waals surface area contributed by atoms with Crippen LogP contribution >= 0.6 is 11.3 Å². The van der Waals surface area contributed by atoms with Crippen molar-refractivity contribution in [2.24, 2.45) is 4.99 Å². The van der Waals surface area contributed by atoms with Crippen molar-refractivity contribution in [1.82, 2.24) is 20.9 Å². The maximum atomic E-state index is 12.0. The molecular formula is C21H31N5O2S. The number of carbonyl (C=O) groups excluding carboxylic acids is 1. The number of aryl methyl sites for hydroxylation is 1.